The molecule has 0 aliphatic heterocycles. The number of carbonyl (C=O) groups is 2. The molecule has 2 N–H and O–H groups in total. The number of hydrogen-bond donors (Lipinski definition) is 2. The highest BCUT2D eigenvalue weighted by Crippen LogP contribution is 2.16. The van der Waals surface area contributed by atoms with E-state index in [1.807, 2.05) is 6.92 Å². The molecule has 1 aromatic carbocycles. The molecule has 4 nitrogen and oxygen atoms in total. The summed E-state index contributed by atoms with van der Waals surface area (Å²) < 4.78 is 0. The molecule has 0 aliphatic carbocycles. The zero-order valence-electron chi connectivity index (χ0n) is 11.9. The number of unbranched alkanes of at least 4 members (excludes halogenated alkanes) is 1. The number of benzene rings is 1. The first kappa shape index (κ1) is 16.6. The summed E-state index contributed by atoms with van der Waals surface area (Å²) in [5.41, 5.74) is 1.33. The minimum Gasteiger partial charge on any atom is -0.481 e. The lowest BCUT2D eigenvalue weighted by molar-refractivity contribution is -0.136. The molecular formula is C15H21NO3S. The van der Waals surface area contributed by atoms with E-state index in [2.05, 4.69) is 12.2 Å². The number of nitrogens with one attached hydrogen (secondary N) is 1. The van der Waals surface area contributed by atoms with Crippen molar-refractivity contribution in [1.29, 1.82) is 0 Å². The minimum absolute atomic E-state index is 0.0372. The molecule has 0 bridgehead atoms. The van der Waals surface area contributed by atoms with Gasteiger partial charge in [-0.25, -0.2) is 0 Å². The van der Waals surface area contributed by atoms with E-state index in [-0.39, 0.29) is 17.6 Å². The number of carbonyl (C=O) groups excluding carboxylic acids is 1. The van der Waals surface area contributed by atoms with E-state index in [0.717, 1.165) is 18.6 Å². The lowest BCUT2D eigenvalue weighted by Crippen LogP contribution is -2.22. The Bertz CT molecular complexity index is 462. The molecule has 0 spiro atoms. The van der Waals surface area contributed by atoms with Gasteiger partial charge in [-0.05, 0) is 36.8 Å². The summed E-state index contributed by atoms with van der Waals surface area (Å²) in [6.45, 7) is 4.01. The molecule has 0 aromatic heterocycles. The Kier molecular flexibility index (Phi) is 7.15. The van der Waals surface area contributed by atoms with Gasteiger partial charge in [-0.1, -0.05) is 25.5 Å². The van der Waals surface area contributed by atoms with Gasteiger partial charge in [-0.3, -0.25) is 9.59 Å². The highest BCUT2D eigenvalue weighted by atomic mass is 32.2. The predicted molar refractivity (Wildman–Crippen MR) is 83.2 cm³/mol. The first-order valence-electron chi connectivity index (χ1n) is 6.76. The second-order valence-corrected chi connectivity index (χ2v) is 6.08. The van der Waals surface area contributed by atoms with Crippen molar-refractivity contribution in [1.82, 2.24) is 0 Å². The SMILES string of the molecule is CCCCSC(C)C(=O)Nc1cccc(CC(=O)O)c1. The number of anilines is 1. The van der Waals surface area contributed by atoms with Crippen LogP contribution in [0.2, 0.25) is 0 Å². The topological polar surface area (TPSA) is 66.4 Å². The van der Waals surface area contributed by atoms with E-state index in [1.165, 1.54) is 0 Å². The Labute approximate surface area is 124 Å². The van der Waals surface area contributed by atoms with Crippen LogP contribution >= 0.6 is 11.8 Å². The number of aliphatic carboxylic acids is 1. The molecule has 0 aliphatic rings. The number of carboxylic acids is 1. The van der Waals surface area contributed by atoms with Gasteiger partial charge in [0.05, 0.1) is 11.7 Å². The van der Waals surface area contributed by atoms with Gasteiger partial charge < -0.3 is 10.4 Å². The summed E-state index contributed by atoms with van der Waals surface area (Å²) >= 11 is 1.64. The molecule has 5 heteroatoms. The third-order valence-electron chi connectivity index (χ3n) is 2.78. The van der Waals surface area contributed by atoms with Crippen LogP contribution in [0.1, 0.15) is 32.3 Å². The summed E-state index contributed by atoms with van der Waals surface area (Å²) in [6.07, 6.45) is 2.19. The van der Waals surface area contributed by atoms with Gasteiger partial charge >= 0.3 is 5.97 Å². The fourth-order valence-corrected chi connectivity index (χ4v) is 2.68. The maximum absolute atomic E-state index is 12.0. The van der Waals surface area contributed by atoms with Crippen molar-refractivity contribution in [2.75, 3.05) is 11.1 Å². The van der Waals surface area contributed by atoms with Gasteiger partial charge in [-0.15, -0.1) is 11.8 Å². The van der Waals surface area contributed by atoms with Gasteiger partial charge in [-0.2, -0.15) is 0 Å². The Morgan fingerprint density at radius 1 is 1.40 bits per heavy atom. The zero-order valence-corrected chi connectivity index (χ0v) is 12.7. The molecular weight excluding hydrogens is 274 g/mol. The molecule has 1 atom stereocenters. The number of thioether (sulfide) groups is 1. The normalized spacial score (nSPS) is 11.9. The molecule has 0 fully saturated rings. The highest BCUT2D eigenvalue weighted by molar-refractivity contribution is 8.00. The van der Waals surface area contributed by atoms with Crippen molar-refractivity contribution in [2.45, 2.75) is 38.4 Å². The van der Waals surface area contributed by atoms with Gasteiger partial charge in [0, 0.05) is 5.69 Å². The van der Waals surface area contributed by atoms with Crippen LogP contribution in [0.5, 0.6) is 0 Å². The lowest BCUT2D eigenvalue weighted by Gasteiger charge is -2.12. The van der Waals surface area contributed by atoms with E-state index in [1.54, 1.807) is 36.0 Å². The maximum Gasteiger partial charge on any atom is 0.307 e. The van der Waals surface area contributed by atoms with Crippen molar-refractivity contribution in [3.8, 4) is 0 Å². The summed E-state index contributed by atoms with van der Waals surface area (Å²) in [5.74, 6) is 0.0555. The first-order chi connectivity index (χ1) is 9.52. The van der Waals surface area contributed by atoms with Crippen LogP contribution in [-0.4, -0.2) is 28.0 Å². The van der Waals surface area contributed by atoms with Gasteiger partial charge in [0.1, 0.15) is 0 Å². The van der Waals surface area contributed by atoms with Crippen molar-refractivity contribution < 1.29 is 14.7 Å². The number of amides is 1. The van der Waals surface area contributed by atoms with Crippen LogP contribution in [0.25, 0.3) is 0 Å². The molecule has 20 heavy (non-hydrogen) atoms. The summed E-state index contributed by atoms with van der Waals surface area (Å²) in [4.78, 5) is 22.7. The van der Waals surface area contributed by atoms with E-state index in [9.17, 15) is 9.59 Å². The van der Waals surface area contributed by atoms with Crippen molar-refractivity contribution in [3.63, 3.8) is 0 Å². The zero-order chi connectivity index (χ0) is 15.0. The van der Waals surface area contributed by atoms with Gasteiger partial charge in [0.25, 0.3) is 0 Å². The molecule has 0 saturated carbocycles. The fourth-order valence-electron chi connectivity index (χ4n) is 1.66. The van der Waals surface area contributed by atoms with Crippen LogP contribution < -0.4 is 5.32 Å². The second-order valence-electron chi connectivity index (χ2n) is 4.63. The van der Waals surface area contributed by atoms with Crippen LogP contribution in [-0.2, 0) is 16.0 Å². The molecule has 110 valence electrons. The number of rotatable bonds is 8. The predicted octanol–water partition coefficient (Wildman–Crippen LogP) is 3.17. The second kappa shape index (κ2) is 8.64. The fraction of sp³-hybridized carbons (Fsp3) is 0.467. The van der Waals surface area contributed by atoms with E-state index < -0.39 is 5.97 Å². The molecule has 0 radical (unpaired) electrons. The molecule has 1 unspecified atom stereocenters. The third kappa shape index (κ3) is 6.10. The molecule has 1 amide bonds. The largest absolute Gasteiger partial charge is 0.481 e. The Hall–Kier alpha value is -1.49. The number of hydrogen-bond acceptors (Lipinski definition) is 3. The molecule has 1 rings (SSSR count). The Balaban J connectivity index is 2.54. The van der Waals surface area contributed by atoms with Gasteiger partial charge in [0.2, 0.25) is 5.91 Å². The van der Waals surface area contributed by atoms with Crippen molar-refractivity contribution in [2.24, 2.45) is 0 Å². The van der Waals surface area contributed by atoms with Crippen molar-refractivity contribution >= 4 is 29.3 Å². The highest BCUT2D eigenvalue weighted by Gasteiger charge is 2.13. The van der Waals surface area contributed by atoms with Crippen LogP contribution in [0.3, 0.4) is 0 Å². The standard InChI is InChI=1S/C15H21NO3S/c1-3-4-8-20-11(2)15(19)16-13-7-5-6-12(9-13)10-14(17)18/h5-7,9,11H,3-4,8,10H2,1-2H3,(H,16,19)(H,17,18). The van der Waals surface area contributed by atoms with Crippen LogP contribution in [0, 0.1) is 0 Å². The summed E-state index contributed by atoms with van der Waals surface area (Å²) in [6, 6.07) is 6.97. The number of carboxylic acid groups (broad SMARTS) is 1. The van der Waals surface area contributed by atoms with Crippen LogP contribution in [0.15, 0.2) is 24.3 Å². The third-order valence-corrected chi connectivity index (χ3v) is 4.02. The first-order valence-corrected chi connectivity index (χ1v) is 7.81. The molecule has 1 aromatic rings. The summed E-state index contributed by atoms with van der Waals surface area (Å²) in [7, 11) is 0. The summed E-state index contributed by atoms with van der Waals surface area (Å²) in [5, 5.41) is 11.5. The van der Waals surface area contributed by atoms with E-state index in [0.29, 0.717) is 11.3 Å². The maximum atomic E-state index is 12.0. The Morgan fingerprint density at radius 3 is 2.80 bits per heavy atom. The van der Waals surface area contributed by atoms with Crippen LogP contribution in [0.4, 0.5) is 5.69 Å². The average Bonchev–Trinajstić information content (AvgIpc) is 2.38. The Morgan fingerprint density at radius 2 is 2.15 bits per heavy atom. The quantitative estimate of drug-likeness (QED) is 0.723. The molecule has 0 saturated heterocycles. The molecule has 0 heterocycles. The van der Waals surface area contributed by atoms with Crippen molar-refractivity contribution in [3.05, 3.63) is 29.8 Å². The smallest absolute Gasteiger partial charge is 0.307 e. The monoisotopic (exact) mass is 295 g/mol. The lowest BCUT2D eigenvalue weighted by atomic mass is 10.1. The van der Waals surface area contributed by atoms with E-state index in [4.69, 9.17) is 5.11 Å². The van der Waals surface area contributed by atoms with Gasteiger partial charge in [0.15, 0.2) is 0 Å². The average molecular weight is 295 g/mol. The minimum atomic E-state index is -0.878. The van der Waals surface area contributed by atoms with E-state index >= 15 is 0 Å².